The predicted octanol–water partition coefficient (Wildman–Crippen LogP) is -0.777. The van der Waals surface area contributed by atoms with Gasteiger partial charge in [-0.15, -0.1) is 0 Å². The van der Waals surface area contributed by atoms with Gasteiger partial charge in [0.15, 0.2) is 6.10 Å². The highest BCUT2D eigenvalue weighted by molar-refractivity contribution is 8.00. The van der Waals surface area contributed by atoms with E-state index in [1.165, 1.54) is 11.8 Å². The Balaban J connectivity index is 1.53. The molecule has 2 saturated heterocycles. The fourth-order valence-corrected chi connectivity index (χ4v) is 5.83. The Morgan fingerprint density at radius 2 is 1.86 bits per heavy atom. The van der Waals surface area contributed by atoms with E-state index in [0.29, 0.717) is 37.4 Å². The van der Waals surface area contributed by atoms with Crippen molar-refractivity contribution in [2.75, 3.05) is 31.1 Å². The molecule has 4 heterocycles. The second-order valence-electron chi connectivity index (χ2n) is 8.79. The Morgan fingerprint density at radius 3 is 2.50 bits per heavy atom. The number of carboxylic acid groups (broad SMARTS) is 1. The van der Waals surface area contributed by atoms with Crippen LogP contribution in [-0.2, 0) is 14.3 Å². The largest absolute Gasteiger partial charge is 0.479 e. The molecule has 14 heteroatoms. The van der Waals surface area contributed by atoms with Crippen molar-refractivity contribution in [2.45, 2.75) is 48.0 Å². The summed E-state index contributed by atoms with van der Waals surface area (Å²) in [5.41, 5.74) is -0.426. The third kappa shape index (κ3) is 3.93. The summed E-state index contributed by atoms with van der Waals surface area (Å²) in [6, 6.07) is 2.68. The third-order valence-electron chi connectivity index (χ3n) is 6.57. The molecule has 1 aromatic heterocycles. The number of halogens is 1. The number of nitrogens with one attached hydrogen (secondary N) is 1. The highest BCUT2D eigenvalue weighted by Crippen LogP contribution is 2.47. The maximum atomic E-state index is 15.1. The zero-order chi connectivity index (χ0) is 25.9. The number of carbonyl (C=O) groups is 2. The molecule has 0 unspecified atom stereocenters. The summed E-state index contributed by atoms with van der Waals surface area (Å²) in [6.45, 7) is 4.41. The second kappa shape index (κ2) is 9.28. The number of aromatic nitrogens is 1. The number of aliphatic hydroxyl groups excluding tert-OH is 3. The van der Waals surface area contributed by atoms with Crippen LogP contribution in [0.4, 0.5) is 10.1 Å². The van der Waals surface area contributed by atoms with Crippen molar-refractivity contribution in [3.05, 3.63) is 33.7 Å². The molecule has 0 amide bonds. The van der Waals surface area contributed by atoms with Crippen LogP contribution in [0.2, 0.25) is 0 Å². The number of pyridine rings is 1. The van der Waals surface area contributed by atoms with Crippen molar-refractivity contribution in [3.8, 4) is 0 Å². The maximum absolute atomic E-state index is 15.1. The maximum Gasteiger partial charge on any atom is 0.347 e. The normalized spacial score (nSPS) is 30.0. The molecule has 194 valence electrons. The number of aliphatic carboxylic acids is 1. The van der Waals surface area contributed by atoms with Crippen molar-refractivity contribution >= 4 is 40.3 Å². The van der Waals surface area contributed by atoms with E-state index >= 15 is 4.39 Å². The van der Waals surface area contributed by atoms with Crippen molar-refractivity contribution in [2.24, 2.45) is 0 Å². The van der Waals surface area contributed by atoms with Gasteiger partial charge < -0.3 is 44.7 Å². The van der Waals surface area contributed by atoms with Gasteiger partial charge in [-0.2, -0.15) is 0 Å². The van der Waals surface area contributed by atoms with E-state index in [4.69, 9.17) is 9.47 Å². The number of fused-ring (bicyclic) bond motifs is 3. The second-order valence-corrected chi connectivity index (χ2v) is 10.1. The van der Waals surface area contributed by atoms with E-state index in [2.05, 4.69) is 5.32 Å². The summed E-state index contributed by atoms with van der Waals surface area (Å²) in [4.78, 5) is 39.6. The molecule has 12 nitrogen and oxygen atoms in total. The number of carbonyl (C=O) groups excluding carboxylic acids is 1. The number of rotatable bonds is 4. The fourth-order valence-electron chi connectivity index (χ4n) is 4.68. The first-order valence-electron chi connectivity index (χ1n) is 11.3. The van der Waals surface area contributed by atoms with Crippen LogP contribution < -0.4 is 15.6 Å². The summed E-state index contributed by atoms with van der Waals surface area (Å²) in [5.74, 6) is -3.51. The molecule has 0 radical (unpaired) electrons. The lowest BCUT2D eigenvalue weighted by Gasteiger charge is -2.38. The monoisotopic (exact) mass is 525 g/mol. The summed E-state index contributed by atoms with van der Waals surface area (Å²) < 4.78 is 26.9. The number of ether oxygens (including phenoxy) is 2. The SMILES string of the molecule is C[C@H]1Sc2c(C(=O)O[C@@H]3O[C@H](C(=O)O)[C@@H](O)[C@H](O)[C@H]3O)c(=O)c3cc(F)c(N4CCNCC4)cc3n21. The van der Waals surface area contributed by atoms with Crippen molar-refractivity contribution in [1.29, 1.82) is 0 Å². The molecule has 0 spiro atoms. The number of nitrogens with zero attached hydrogens (tertiary/aromatic N) is 2. The minimum atomic E-state index is -1.98. The molecule has 36 heavy (non-hydrogen) atoms. The molecule has 5 N–H and O–H groups in total. The van der Waals surface area contributed by atoms with Gasteiger partial charge in [-0.25, -0.2) is 14.0 Å². The Kier molecular flexibility index (Phi) is 6.43. The third-order valence-corrected chi connectivity index (χ3v) is 7.75. The first-order valence-corrected chi connectivity index (χ1v) is 12.2. The van der Waals surface area contributed by atoms with E-state index in [1.807, 2.05) is 11.8 Å². The lowest BCUT2D eigenvalue weighted by molar-refractivity contribution is -0.278. The molecule has 6 atom stereocenters. The number of carboxylic acids is 1. The van der Waals surface area contributed by atoms with Crippen LogP contribution in [0.1, 0.15) is 22.7 Å². The highest BCUT2D eigenvalue weighted by Gasteiger charge is 2.49. The van der Waals surface area contributed by atoms with Gasteiger partial charge in [0.05, 0.1) is 21.6 Å². The van der Waals surface area contributed by atoms with Crippen LogP contribution in [0.25, 0.3) is 10.9 Å². The standard InChI is InChI=1S/C22H24FN3O9S/c1-8-26-11-7-12(25-4-2-24-3-5-25)10(23)6-9(11)14(27)13(19(26)36-8)21(33)35-22-17(30)15(28)16(29)18(34-22)20(31)32/h6-8,15-18,22,24,28-30H,2-5H2,1H3,(H,31,32)/t8-,15+,16+,17-,18+,22+/m1/s1. The number of piperazine rings is 1. The number of anilines is 1. The van der Waals surface area contributed by atoms with E-state index in [-0.39, 0.29) is 15.8 Å². The molecule has 2 aromatic rings. The lowest BCUT2D eigenvalue weighted by Crippen LogP contribution is -2.60. The van der Waals surface area contributed by atoms with Gasteiger partial charge >= 0.3 is 11.9 Å². The van der Waals surface area contributed by atoms with Crippen molar-refractivity contribution < 1.29 is 43.9 Å². The van der Waals surface area contributed by atoms with Crippen LogP contribution >= 0.6 is 11.8 Å². The molecule has 2 fully saturated rings. The Labute approximate surface area is 207 Å². The van der Waals surface area contributed by atoms with E-state index in [9.17, 15) is 34.8 Å². The molecular formula is C22H24FN3O9S. The number of esters is 1. The van der Waals surface area contributed by atoms with Gasteiger partial charge in [-0.1, -0.05) is 11.8 Å². The lowest BCUT2D eigenvalue weighted by atomic mass is 9.99. The van der Waals surface area contributed by atoms with Crippen LogP contribution in [0.5, 0.6) is 0 Å². The first kappa shape index (κ1) is 24.9. The molecule has 1 aromatic carbocycles. The Morgan fingerprint density at radius 1 is 1.17 bits per heavy atom. The van der Waals surface area contributed by atoms with Crippen molar-refractivity contribution in [3.63, 3.8) is 0 Å². The Hall–Kier alpha value is -2.75. The number of benzene rings is 1. The fraction of sp³-hybridized carbons (Fsp3) is 0.500. The van der Waals surface area contributed by atoms with Gasteiger partial charge in [-0.05, 0) is 19.1 Å². The van der Waals surface area contributed by atoms with Gasteiger partial charge in [0, 0.05) is 31.6 Å². The quantitative estimate of drug-likeness (QED) is 0.316. The smallest absolute Gasteiger partial charge is 0.347 e. The van der Waals surface area contributed by atoms with Crippen LogP contribution in [0.3, 0.4) is 0 Å². The zero-order valence-corrected chi connectivity index (χ0v) is 19.8. The summed E-state index contributed by atoms with van der Waals surface area (Å²) in [5, 5.41) is 42.4. The van der Waals surface area contributed by atoms with Crippen LogP contribution in [0.15, 0.2) is 22.0 Å². The van der Waals surface area contributed by atoms with E-state index in [1.54, 1.807) is 10.6 Å². The summed E-state index contributed by atoms with van der Waals surface area (Å²) in [6.07, 6.45) is -9.87. The van der Waals surface area contributed by atoms with Crippen LogP contribution in [-0.4, -0.2) is 93.8 Å². The first-order chi connectivity index (χ1) is 17.1. The number of thioether (sulfide) groups is 1. The molecule has 0 aliphatic carbocycles. The Bertz CT molecular complexity index is 1300. The van der Waals surface area contributed by atoms with Gasteiger partial charge in [-0.3, -0.25) is 4.79 Å². The number of hydrogen-bond donors (Lipinski definition) is 5. The van der Waals surface area contributed by atoms with Gasteiger partial charge in [0.2, 0.25) is 11.7 Å². The summed E-state index contributed by atoms with van der Waals surface area (Å²) in [7, 11) is 0. The zero-order valence-electron chi connectivity index (χ0n) is 19.0. The highest BCUT2D eigenvalue weighted by atomic mass is 32.2. The predicted molar refractivity (Wildman–Crippen MR) is 124 cm³/mol. The van der Waals surface area contributed by atoms with Crippen molar-refractivity contribution in [1.82, 2.24) is 9.88 Å². The molecule has 3 aliphatic heterocycles. The molecule has 3 aliphatic rings. The molecule has 0 bridgehead atoms. The summed E-state index contributed by atoms with van der Waals surface area (Å²) >= 11 is 1.21. The topological polar surface area (TPSA) is 171 Å². The minimum Gasteiger partial charge on any atom is -0.479 e. The minimum absolute atomic E-state index is 0.0433. The van der Waals surface area contributed by atoms with Gasteiger partial charge in [0.1, 0.15) is 29.7 Å². The number of aliphatic hydroxyl groups is 3. The molecule has 0 saturated carbocycles. The molecular weight excluding hydrogens is 501 g/mol. The number of hydrogen-bond acceptors (Lipinski definition) is 11. The van der Waals surface area contributed by atoms with Crippen LogP contribution in [0, 0.1) is 5.82 Å². The van der Waals surface area contributed by atoms with Gasteiger partial charge in [0.25, 0.3) is 0 Å². The average molecular weight is 526 g/mol. The van der Waals surface area contributed by atoms with E-state index in [0.717, 1.165) is 6.07 Å². The van der Waals surface area contributed by atoms with E-state index < -0.39 is 59.5 Å². The average Bonchev–Trinajstić information content (AvgIpc) is 2.84. The molecule has 5 rings (SSSR count).